The first-order valence-corrected chi connectivity index (χ1v) is 6.63. The maximum absolute atomic E-state index is 12.0. The van der Waals surface area contributed by atoms with Gasteiger partial charge in [0.25, 0.3) is 0 Å². The second-order valence-electron chi connectivity index (χ2n) is 3.85. The van der Waals surface area contributed by atoms with Crippen molar-refractivity contribution in [2.24, 2.45) is 0 Å². The van der Waals surface area contributed by atoms with Gasteiger partial charge in [-0.15, -0.1) is 0 Å². The Morgan fingerprint density at radius 2 is 1.63 bits per heavy atom. The largest absolute Gasteiger partial charge is 0.289 e. The van der Waals surface area contributed by atoms with Crippen molar-refractivity contribution in [1.82, 2.24) is 0 Å². The summed E-state index contributed by atoms with van der Waals surface area (Å²) in [5, 5.41) is 1.38. The van der Waals surface area contributed by atoms with Crippen molar-refractivity contribution < 1.29 is 4.79 Å². The molecule has 0 N–H and O–H groups in total. The van der Waals surface area contributed by atoms with Crippen LogP contribution in [0.2, 0.25) is 15.1 Å². The lowest BCUT2D eigenvalue weighted by Crippen LogP contribution is -1.93. The monoisotopic (exact) mass is 310 g/mol. The summed E-state index contributed by atoms with van der Waals surface area (Å²) in [6, 6.07) is 12.1. The maximum atomic E-state index is 12.0. The summed E-state index contributed by atoms with van der Waals surface area (Å²) in [6.45, 7) is 0. The predicted molar refractivity (Wildman–Crippen MR) is 81.3 cm³/mol. The van der Waals surface area contributed by atoms with Crippen LogP contribution >= 0.6 is 34.8 Å². The summed E-state index contributed by atoms with van der Waals surface area (Å²) in [4.78, 5) is 12.0. The molecule has 4 heteroatoms. The first-order chi connectivity index (χ1) is 9.08. The van der Waals surface area contributed by atoms with Gasteiger partial charge in [-0.25, -0.2) is 0 Å². The minimum atomic E-state index is -0.154. The van der Waals surface area contributed by atoms with Gasteiger partial charge in [-0.2, -0.15) is 0 Å². The molecule has 0 radical (unpaired) electrons. The maximum Gasteiger partial charge on any atom is 0.185 e. The topological polar surface area (TPSA) is 17.1 Å². The fourth-order valence-electron chi connectivity index (χ4n) is 1.52. The van der Waals surface area contributed by atoms with E-state index in [1.165, 1.54) is 6.08 Å². The van der Waals surface area contributed by atoms with Crippen LogP contribution in [0.25, 0.3) is 6.08 Å². The van der Waals surface area contributed by atoms with E-state index in [0.717, 1.165) is 5.56 Å². The molecule has 2 aromatic rings. The minimum absolute atomic E-state index is 0.154. The van der Waals surface area contributed by atoms with E-state index >= 15 is 0 Å². The lowest BCUT2D eigenvalue weighted by Gasteiger charge is -2.00. The zero-order valence-corrected chi connectivity index (χ0v) is 12.0. The van der Waals surface area contributed by atoms with Crippen molar-refractivity contribution in [2.45, 2.75) is 0 Å². The fourth-order valence-corrected chi connectivity index (χ4v) is 2.02. The Hall–Kier alpha value is -1.28. The van der Waals surface area contributed by atoms with Crippen LogP contribution in [0.4, 0.5) is 0 Å². The van der Waals surface area contributed by atoms with Crippen molar-refractivity contribution in [3.05, 3.63) is 74.7 Å². The average molecular weight is 312 g/mol. The van der Waals surface area contributed by atoms with Gasteiger partial charge >= 0.3 is 0 Å². The molecule has 0 bridgehead atoms. The third kappa shape index (κ3) is 3.60. The molecule has 0 atom stereocenters. The minimum Gasteiger partial charge on any atom is -0.289 e. The van der Waals surface area contributed by atoms with Crippen LogP contribution in [0, 0.1) is 0 Å². The molecule has 0 aliphatic heterocycles. The number of rotatable bonds is 3. The molecule has 96 valence electrons. The number of carbonyl (C=O) groups is 1. The number of allylic oxidation sites excluding steroid dienone is 1. The summed E-state index contributed by atoms with van der Waals surface area (Å²) < 4.78 is 0. The molecule has 0 saturated carbocycles. The second kappa shape index (κ2) is 6.25. The van der Waals surface area contributed by atoms with Crippen molar-refractivity contribution in [3.8, 4) is 0 Å². The zero-order chi connectivity index (χ0) is 13.8. The van der Waals surface area contributed by atoms with Gasteiger partial charge in [-0.1, -0.05) is 53.0 Å². The van der Waals surface area contributed by atoms with Crippen molar-refractivity contribution in [3.63, 3.8) is 0 Å². The van der Waals surface area contributed by atoms with Crippen LogP contribution in [-0.2, 0) is 0 Å². The van der Waals surface area contributed by atoms with E-state index < -0.39 is 0 Å². The Bertz CT molecular complexity index is 648. The standard InChI is InChI=1S/C15H9Cl3O/c16-12-4-2-1-3-10(12)6-8-15(19)11-5-7-13(17)14(18)9-11/h1-9H/b8-6+. The first kappa shape index (κ1) is 14.1. The molecule has 0 unspecified atom stereocenters. The zero-order valence-electron chi connectivity index (χ0n) is 9.74. The molecule has 0 fully saturated rings. The lowest BCUT2D eigenvalue weighted by molar-refractivity contribution is 0.104. The van der Waals surface area contributed by atoms with E-state index in [0.29, 0.717) is 20.6 Å². The number of halogens is 3. The number of carbonyl (C=O) groups excluding carboxylic acids is 1. The highest BCUT2D eigenvalue weighted by molar-refractivity contribution is 6.42. The van der Waals surface area contributed by atoms with E-state index in [4.69, 9.17) is 34.8 Å². The highest BCUT2D eigenvalue weighted by Gasteiger charge is 2.05. The van der Waals surface area contributed by atoms with Crippen molar-refractivity contribution >= 4 is 46.7 Å². The Balaban J connectivity index is 2.21. The molecule has 0 amide bonds. The fraction of sp³-hybridized carbons (Fsp3) is 0. The quantitative estimate of drug-likeness (QED) is 0.537. The summed E-state index contributed by atoms with van der Waals surface area (Å²) in [5.74, 6) is -0.154. The summed E-state index contributed by atoms with van der Waals surface area (Å²) in [6.07, 6.45) is 3.13. The SMILES string of the molecule is O=C(/C=C/c1ccccc1Cl)c1ccc(Cl)c(Cl)c1. The molecule has 1 nitrogen and oxygen atoms in total. The highest BCUT2D eigenvalue weighted by Crippen LogP contribution is 2.23. The van der Waals surface area contributed by atoms with E-state index in [9.17, 15) is 4.79 Å². The van der Waals surface area contributed by atoms with Gasteiger partial charge in [0, 0.05) is 10.6 Å². The normalized spacial score (nSPS) is 10.9. The third-order valence-electron chi connectivity index (χ3n) is 2.52. The van der Waals surface area contributed by atoms with Gasteiger partial charge in [0.15, 0.2) is 5.78 Å². The first-order valence-electron chi connectivity index (χ1n) is 5.50. The molecule has 19 heavy (non-hydrogen) atoms. The lowest BCUT2D eigenvalue weighted by atomic mass is 10.1. The van der Waals surface area contributed by atoms with Crippen molar-refractivity contribution in [1.29, 1.82) is 0 Å². The Kier molecular flexibility index (Phi) is 4.65. The third-order valence-corrected chi connectivity index (χ3v) is 3.61. The number of hydrogen-bond donors (Lipinski definition) is 0. The van der Waals surface area contributed by atoms with Crippen LogP contribution in [0.5, 0.6) is 0 Å². The van der Waals surface area contributed by atoms with E-state index in [1.54, 1.807) is 30.3 Å². The average Bonchev–Trinajstić information content (AvgIpc) is 2.40. The Labute approximate surface area is 126 Å². The molecular weight excluding hydrogens is 303 g/mol. The molecule has 2 aromatic carbocycles. The van der Waals surface area contributed by atoms with Gasteiger partial charge in [0.1, 0.15) is 0 Å². The predicted octanol–water partition coefficient (Wildman–Crippen LogP) is 5.54. The molecule has 0 spiro atoms. The van der Waals surface area contributed by atoms with Crippen LogP contribution in [0.3, 0.4) is 0 Å². The Morgan fingerprint density at radius 1 is 0.895 bits per heavy atom. The van der Waals surface area contributed by atoms with Crippen LogP contribution in [-0.4, -0.2) is 5.78 Å². The van der Waals surface area contributed by atoms with Crippen LogP contribution in [0.15, 0.2) is 48.5 Å². The van der Waals surface area contributed by atoms with Gasteiger partial charge in [0.05, 0.1) is 10.0 Å². The molecule has 0 aliphatic carbocycles. The molecule has 2 rings (SSSR count). The van der Waals surface area contributed by atoms with Gasteiger partial charge in [0.2, 0.25) is 0 Å². The van der Waals surface area contributed by atoms with Crippen LogP contribution < -0.4 is 0 Å². The van der Waals surface area contributed by atoms with Gasteiger partial charge < -0.3 is 0 Å². The molecule has 0 aliphatic rings. The smallest absolute Gasteiger partial charge is 0.185 e. The highest BCUT2D eigenvalue weighted by atomic mass is 35.5. The van der Waals surface area contributed by atoms with Crippen LogP contribution in [0.1, 0.15) is 15.9 Å². The molecule has 0 heterocycles. The number of ketones is 1. The summed E-state index contributed by atoms with van der Waals surface area (Å²) >= 11 is 17.7. The molecular formula is C15H9Cl3O. The van der Waals surface area contributed by atoms with Gasteiger partial charge in [-0.3, -0.25) is 4.79 Å². The molecule has 0 aromatic heterocycles. The van der Waals surface area contributed by atoms with E-state index in [1.807, 2.05) is 18.2 Å². The number of benzene rings is 2. The van der Waals surface area contributed by atoms with Gasteiger partial charge in [-0.05, 0) is 42.0 Å². The molecule has 0 saturated heterocycles. The van der Waals surface area contributed by atoms with E-state index in [2.05, 4.69) is 0 Å². The second-order valence-corrected chi connectivity index (χ2v) is 5.07. The summed E-state index contributed by atoms with van der Waals surface area (Å²) in [7, 11) is 0. The summed E-state index contributed by atoms with van der Waals surface area (Å²) in [5.41, 5.74) is 1.27. The number of hydrogen-bond acceptors (Lipinski definition) is 1. The van der Waals surface area contributed by atoms with E-state index in [-0.39, 0.29) is 5.78 Å². The van der Waals surface area contributed by atoms with Crippen molar-refractivity contribution in [2.75, 3.05) is 0 Å². The Morgan fingerprint density at radius 3 is 2.32 bits per heavy atom.